The molecule has 18 heavy (non-hydrogen) atoms. The number of carbonyl (C=O) groups is 1. The molecule has 5 nitrogen and oxygen atoms in total. The van der Waals surface area contributed by atoms with Gasteiger partial charge in [-0.3, -0.25) is 9.78 Å². The van der Waals surface area contributed by atoms with E-state index in [1.54, 1.807) is 18.3 Å². The average molecular weight is 243 g/mol. The van der Waals surface area contributed by atoms with Crippen molar-refractivity contribution in [2.45, 2.75) is 20.0 Å². The summed E-state index contributed by atoms with van der Waals surface area (Å²) in [6.45, 7) is 3.83. The molecule has 2 heterocycles. The summed E-state index contributed by atoms with van der Waals surface area (Å²) in [7, 11) is 0. The summed E-state index contributed by atoms with van der Waals surface area (Å²) in [5.41, 5.74) is 0.792. The molecule has 0 unspecified atom stereocenters. The Balaban J connectivity index is 2.26. The highest BCUT2D eigenvalue weighted by atomic mass is 16.5. The van der Waals surface area contributed by atoms with Gasteiger partial charge < -0.3 is 4.74 Å². The molecule has 0 saturated carbocycles. The predicted octanol–water partition coefficient (Wildman–Crippen LogP) is 1.89. The number of aromatic nitrogens is 3. The molecular weight excluding hydrogens is 230 g/mol. The van der Waals surface area contributed by atoms with Crippen LogP contribution in [0.25, 0.3) is 0 Å². The summed E-state index contributed by atoms with van der Waals surface area (Å²) in [4.78, 5) is 23.8. The van der Waals surface area contributed by atoms with Crippen molar-refractivity contribution in [1.82, 2.24) is 15.0 Å². The van der Waals surface area contributed by atoms with Crippen molar-refractivity contribution in [1.29, 1.82) is 0 Å². The van der Waals surface area contributed by atoms with E-state index in [1.807, 2.05) is 13.8 Å². The summed E-state index contributed by atoms with van der Waals surface area (Å²) in [6, 6.07) is 3.23. The molecule has 0 radical (unpaired) electrons. The van der Waals surface area contributed by atoms with E-state index in [2.05, 4.69) is 15.0 Å². The second-order valence-corrected chi connectivity index (χ2v) is 4.00. The molecule has 0 fully saturated rings. The second kappa shape index (κ2) is 5.35. The largest absolute Gasteiger partial charge is 0.489 e. The lowest BCUT2D eigenvalue weighted by Gasteiger charge is -2.09. The lowest BCUT2D eigenvalue weighted by atomic mass is 10.1. The Morgan fingerprint density at radius 1 is 1.28 bits per heavy atom. The van der Waals surface area contributed by atoms with Crippen LogP contribution in [0.1, 0.15) is 29.9 Å². The van der Waals surface area contributed by atoms with Crippen LogP contribution in [0.15, 0.2) is 37.1 Å². The number of carbonyl (C=O) groups excluding carboxylic acids is 1. The fourth-order valence-corrected chi connectivity index (χ4v) is 1.45. The zero-order chi connectivity index (χ0) is 13.0. The first-order chi connectivity index (χ1) is 8.66. The number of rotatable bonds is 4. The van der Waals surface area contributed by atoms with Crippen LogP contribution in [0.3, 0.4) is 0 Å². The SMILES string of the molecule is CC(C)Oc1cncc(C(=O)c2ccncn2)c1. The monoisotopic (exact) mass is 243 g/mol. The Hall–Kier alpha value is -2.30. The maximum absolute atomic E-state index is 12.1. The van der Waals surface area contributed by atoms with Gasteiger partial charge in [0.15, 0.2) is 0 Å². The van der Waals surface area contributed by atoms with E-state index >= 15 is 0 Å². The van der Waals surface area contributed by atoms with Crippen LogP contribution in [-0.4, -0.2) is 26.8 Å². The van der Waals surface area contributed by atoms with Gasteiger partial charge in [-0.1, -0.05) is 0 Å². The first-order valence-electron chi connectivity index (χ1n) is 5.59. The van der Waals surface area contributed by atoms with E-state index in [0.717, 1.165) is 0 Å². The zero-order valence-electron chi connectivity index (χ0n) is 10.2. The molecular formula is C13H13N3O2. The van der Waals surface area contributed by atoms with Crippen molar-refractivity contribution in [3.63, 3.8) is 0 Å². The van der Waals surface area contributed by atoms with Gasteiger partial charge in [0.05, 0.1) is 12.3 Å². The number of ether oxygens (including phenoxy) is 1. The van der Waals surface area contributed by atoms with E-state index in [-0.39, 0.29) is 11.9 Å². The van der Waals surface area contributed by atoms with Gasteiger partial charge in [0, 0.05) is 18.0 Å². The molecule has 0 saturated heterocycles. The molecule has 0 amide bonds. The molecule has 5 heteroatoms. The smallest absolute Gasteiger partial charge is 0.213 e. The van der Waals surface area contributed by atoms with Crippen molar-refractivity contribution < 1.29 is 9.53 Å². The van der Waals surface area contributed by atoms with Gasteiger partial charge in [-0.2, -0.15) is 0 Å². The molecule has 0 aliphatic heterocycles. The van der Waals surface area contributed by atoms with Crippen molar-refractivity contribution in [3.05, 3.63) is 48.3 Å². The Kier molecular flexibility index (Phi) is 3.62. The summed E-state index contributed by atoms with van der Waals surface area (Å²) >= 11 is 0. The predicted molar refractivity (Wildman–Crippen MR) is 65.5 cm³/mol. The number of nitrogens with zero attached hydrogens (tertiary/aromatic N) is 3. The molecule has 2 aromatic heterocycles. The molecule has 2 rings (SSSR count). The van der Waals surface area contributed by atoms with Gasteiger partial charge in [-0.05, 0) is 26.0 Å². The van der Waals surface area contributed by atoms with Crippen LogP contribution in [0.5, 0.6) is 5.75 Å². The van der Waals surface area contributed by atoms with E-state index in [0.29, 0.717) is 17.0 Å². The van der Waals surface area contributed by atoms with Crippen LogP contribution in [-0.2, 0) is 0 Å². The van der Waals surface area contributed by atoms with Crippen LogP contribution >= 0.6 is 0 Å². The third-order valence-corrected chi connectivity index (χ3v) is 2.16. The van der Waals surface area contributed by atoms with Gasteiger partial charge in [-0.15, -0.1) is 0 Å². The Bertz CT molecular complexity index is 541. The minimum absolute atomic E-state index is 0.0382. The molecule has 0 spiro atoms. The minimum atomic E-state index is -0.195. The molecule has 0 bridgehead atoms. The Morgan fingerprint density at radius 3 is 2.78 bits per heavy atom. The van der Waals surface area contributed by atoms with Crippen LogP contribution in [0, 0.1) is 0 Å². The number of pyridine rings is 1. The first-order valence-corrected chi connectivity index (χ1v) is 5.59. The summed E-state index contributed by atoms with van der Waals surface area (Å²) < 4.78 is 5.49. The lowest BCUT2D eigenvalue weighted by molar-refractivity contribution is 0.103. The van der Waals surface area contributed by atoms with Crippen LogP contribution in [0.2, 0.25) is 0 Å². The highest BCUT2D eigenvalue weighted by Gasteiger charge is 2.11. The third-order valence-electron chi connectivity index (χ3n) is 2.16. The second-order valence-electron chi connectivity index (χ2n) is 4.00. The molecule has 92 valence electrons. The Morgan fingerprint density at radius 2 is 2.11 bits per heavy atom. The maximum atomic E-state index is 12.1. The number of hydrogen-bond donors (Lipinski definition) is 0. The zero-order valence-corrected chi connectivity index (χ0v) is 10.2. The van der Waals surface area contributed by atoms with E-state index < -0.39 is 0 Å². The molecule has 0 atom stereocenters. The molecule has 2 aromatic rings. The van der Waals surface area contributed by atoms with Gasteiger partial charge in [-0.25, -0.2) is 9.97 Å². The van der Waals surface area contributed by atoms with E-state index in [4.69, 9.17) is 4.74 Å². The van der Waals surface area contributed by atoms with E-state index in [1.165, 1.54) is 18.7 Å². The molecule has 0 N–H and O–H groups in total. The number of hydrogen-bond acceptors (Lipinski definition) is 5. The highest BCUT2D eigenvalue weighted by molar-refractivity contribution is 6.07. The number of ketones is 1. The minimum Gasteiger partial charge on any atom is -0.489 e. The standard InChI is InChI=1S/C13H13N3O2/c1-9(2)18-11-5-10(6-15-7-11)13(17)12-3-4-14-8-16-12/h3-9H,1-2H3. The fraction of sp³-hybridized carbons (Fsp3) is 0.231. The Labute approximate surface area is 105 Å². The maximum Gasteiger partial charge on any atom is 0.213 e. The lowest BCUT2D eigenvalue weighted by Crippen LogP contribution is -2.08. The van der Waals surface area contributed by atoms with Crippen molar-refractivity contribution in [3.8, 4) is 5.75 Å². The van der Waals surface area contributed by atoms with Crippen LogP contribution in [0.4, 0.5) is 0 Å². The van der Waals surface area contributed by atoms with E-state index in [9.17, 15) is 4.79 Å². The molecule has 0 aromatic carbocycles. The molecule has 0 aliphatic carbocycles. The topological polar surface area (TPSA) is 65.0 Å². The van der Waals surface area contributed by atoms with Gasteiger partial charge >= 0.3 is 0 Å². The van der Waals surface area contributed by atoms with Crippen molar-refractivity contribution >= 4 is 5.78 Å². The van der Waals surface area contributed by atoms with Gasteiger partial charge in [0.25, 0.3) is 0 Å². The first kappa shape index (κ1) is 12.2. The summed E-state index contributed by atoms with van der Waals surface area (Å²) in [6.07, 6.45) is 5.99. The van der Waals surface area contributed by atoms with Crippen molar-refractivity contribution in [2.24, 2.45) is 0 Å². The quantitative estimate of drug-likeness (QED) is 0.767. The fourth-order valence-electron chi connectivity index (χ4n) is 1.45. The summed E-state index contributed by atoms with van der Waals surface area (Å²) in [5, 5.41) is 0. The third kappa shape index (κ3) is 2.88. The van der Waals surface area contributed by atoms with Crippen molar-refractivity contribution in [2.75, 3.05) is 0 Å². The van der Waals surface area contributed by atoms with Crippen LogP contribution < -0.4 is 4.74 Å². The highest BCUT2D eigenvalue weighted by Crippen LogP contribution is 2.15. The normalized spacial score (nSPS) is 10.4. The average Bonchev–Trinajstić information content (AvgIpc) is 2.38. The summed E-state index contributed by atoms with van der Waals surface area (Å²) in [5.74, 6) is 0.379. The van der Waals surface area contributed by atoms with Gasteiger partial charge in [0.2, 0.25) is 5.78 Å². The molecule has 0 aliphatic rings. The van der Waals surface area contributed by atoms with Gasteiger partial charge in [0.1, 0.15) is 17.8 Å².